The van der Waals surface area contributed by atoms with Gasteiger partial charge in [-0.25, -0.2) is 9.18 Å². The third-order valence-electron chi connectivity index (χ3n) is 6.17. The molecule has 0 aliphatic rings. The number of aryl methyl sites for hydroxylation is 1. The molecule has 3 aromatic carbocycles. The molecule has 0 N–H and O–H groups in total. The predicted molar refractivity (Wildman–Crippen MR) is 146 cm³/mol. The minimum absolute atomic E-state index is 0.0399. The molecule has 0 atom stereocenters. The third-order valence-corrected chi connectivity index (χ3v) is 6.17. The summed E-state index contributed by atoms with van der Waals surface area (Å²) in [7, 11) is 1.27. The molecule has 0 amide bonds. The number of anilines is 1. The van der Waals surface area contributed by atoms with Gasteiger partial charge in [-0.2, -0.15) is 0 Å². The van der Waals surface area contributed by atoms with Crippen LogP contribution in [0.3, 0.4) is 0 Å². The van der Waals surface area contributed by atoms with E-state index in [1.165, 1.54) is 25.2 Å². The van der Waals surface area contributed by atoms with E-state index in [-0.39, 0.29) is 5.56 Å². The van der Waals surface area contributed by atoms with E-state index in [0.717, 1.165) is 61.0 Å². The van der Waals surface area contributed by atoms with Crippen molar-refractivity contribution in [3.63, 3.8) is 0 Å². The second-order valence-corrected chi connectivity index (χ2v) is 9.03. The molecule has 0 spiro atoms. The Kier molecular flexibility index (Phi) is 10.6. The molecule has 0 saturated carbocycles. The molecular weight excluding hydrogens is 449 g/mol. The molecule has 0 aromatic heterocycles. The van der Waals surface area contributed by atoms with Gasteiger partial charge in [0.1, 0.15) is 5.82 Å². The summed E-state index contributed by atoms with van der Waals surface area (Å²) < 4.78 is 19.0. The van der Waals surface area contributed by atoms with Crippen molar-refractivity contribution < 1.29 is 13.9 Å². The molecule has 0 radical (unpaired) electrons. The number of hydrogen-bond donors (Lipinski definition) is 0. The first-order valence-corrected chi connectivity index (χ1v) is 12.9. The standard InChI is InChI=1S/C32H36FNO2/c1-4-6-7-8-22-34(29-20-21-31(33)30(23-29)32(35)36-3)24-28-18-16-27(17-19-28)15-14-26-12-10-25(9-5-2)11-13-26/h10-13,16-21,23H,4-9,22,24H2,1-3H3. The van der Waals surface area contributed by atoms with Gasteiger partial charge in [-0.1, -0.05) is 75.6 Å². The van der Waals surface area contributed by atoms with Crippen LogP contribution in [0.25, 0.3) is 0 Å². The Hall–Kier alpha value is -3.58. The number of esters is 1. The molecular formula is C32H36FNO2. The first-order chi connectivity index (χ1) is 17.5. The van der Waals surface area contributed by atoms with Gasteiger partial charge < -0.3 is 9.64 Å². The van der Waals surface area contributed by atoms with Crippen LogP contribution in [0.1, 0.15) is 78.6 Å². The number of unbranched alkanes of at least 4 members (excludes halogenated alkanes) is 3. The van der Waals surface area contributed by atoms with Gasteiger partial charge in [0, 0.05) is 29.9 Å². The molecule has 4 heteroatoms. The largest absolute Gasteiger partial charge is 0.465 e. The number of nitrogens with zero attached hydrogens (tertiary/aromatic N) is 1. The van der Waals surface area contributed by atoms with Crippen LogP contribution in [0.5, 0.6) is 0 Å². The Morgan fingerprint density at radius 1 is 0.833 bits per heavy atom. The first kappa shape index (κ1) is 27.0. The lowest BCUT2D eigenvalue weighted by molar-refractivity contribution is 0.0595. The van der Waals surface area contributed by atoms with Gasteiger partial charge >= 0.3 is 5.97 Å². The summed E-state index contributed by atoms with van der Waals surface area (Å²) in [5, 5.41) is 0. The highest BCUT2D eigenvalue weighted by atomic mass is 19.1. The van der Waals surface area contributed by atoms with Gasteiger partial charge in [0.15, 0.2) is 0 Å². The minimum atomic E-state index is -0.664. The fourth-order valence-corrected chi connectivity index (χ4v) is 4.11. The zero-order chi connectivity index (χ0) is 25.8. The second kappa shape index (κ2) is 14.1. The highest BCUT2D eigenvalue weighted by Gasteiger charge is 2.16. The van der Waals surface area contributed by atoms with Crippen LogP contribution in [0.15, 0.2) is 66.7 Å². The van der Waals surface area contributed by atoms with E-state index in [9.17, 15) is 9.18 Å². The molecule has 0 heterocycles. The van der Waals surface area contributed by atoms with Crippen molar-refractivity contribution in [2.24, 2.45) is 0 Å². The van der Waals surface area contributed by atoms with Gasteiger partial charge in [0.05, 0.1) is 12.7 Å². The number of rotatable bonds is 11. The Balaban J connectivity index is 1.74. The number of ether oxygens (including phenoxy) is 1. The quantitative estimate of drug-likeness (QED) is 0.159. The van der Waals surface area contributed by atoms with Crippen LogP contribution < -0.4 is 4.90 Å². The molecule has 0 aliphatic heterocycles. The molecule has 36 heavy (non-hydrogen) atoms. The molecule has 3 aromatic rings. The maximum absolute atomic E-state index is 14.2. The van der Waals surface area contributed by atoms with Crippen LogP contribution in [-0.2, 0) is 17.7 Å². The zero-order valence-corrected chi connectivity index (χ0v) is 21.6. The first-order valence-electron chi connectivity index (χ1n) is 12.9. The molecule has 0 bridgehead atoms. The summed E-state index contributed by atoms with van der Waals surface area (Å²) in [6, 6.07) is 21.3. The monoisotopic (exact) mass is 485 g/mol. The predicted octanol–water partition coefficient (Wildman–Crippen LogP) is 7.55. The Morgan fingerprint density at radius 3 is 2.06 bits per heavy atom. The normalized spacial score (nSPS) is 10.4. The smallest absolute Gasteiger partial charge is 0.340 e. The van der Waals surface area contributed by atoms with E-state index in [2.05, 4.69) is 67.0 Å². The van der Waals surface area contributed by atoms with E-state index in [4.69, 9.17) is 4.74 Å². The summed E-state index contributed by atoms with van der Waals surface area (Å²) in [5.41, 5.74) is 5.21. The number of carbonyl (C=O) groups excluding carboxylic acids is 1. The summed E-state index contributed by atoms with van der Waals surface area (Å²) in [4.78, 5) is 14.2. The van der Waals surface area contributed by atoms with E-state index in [0.29, 0.717) is 6.54 Å². The summed E-state index contributed by atoms with van der Waals surface area (Å²) in [6.07, 6.45) is 6.73. The second-order valence-electron chi connectivity index (χ2n) is 9.03. The van der Waals surface area contributed by atoms with Gasteiger partial charge in [-0.05, 0) is 66.4 Å². The minimum Gasteiger partial charge on any atom is -0.465 e. The third kappa shape index (κ3) is 7.99. The number of carbonyl (C=O) groups is 1. The van der Waals surface area contributed by atoms with Crippen LogP contribution in [0.4, 0.5) is 10.1 Å². The molecule has 3 nitrogen and oxygen atoms in total. The van der Waals surface area contributed by atoms with Crippen molar-refractivity contribution in [2.45, 2.75) is 58.9 Å². The highest BCUT2D eigenvalue weighted by Crippen LogP contribution is 2.23. The molecule has 188 valence electrons. The molecule has 0 unspecified atom stereocenters. The van der Waals surface area contributed by atoms with Gasteiger partial charge in [0.2, 0.25) is 0 Å². The maximum atomic E-state index is 14.2. The maximum Gasteiger partial charge on any atom is 0.340 e. The van der Waals surface area contributed by atoms with Crippen LogP contribution >= 0.6 is 0 Å². The van der Waals surface area contributed by atoms with E-state index in [1.54, 1.807) is 12.1 Å². The van der Waals surface area contributed by atoms with Crippen molar-refractivity contribution in [1.29, 1.82) is 0 Å². The number of halogens is 1. The Morgan fingerprint density at radius 2 is 1.47 bits per heavy atom. The fourth-order valence-electron chi connectivity index (χ4n) is 4.11. The van der Waals surface area contributed by atoms with Crippen molar-refractivity contribution in [3.8, 4) is 11.8 Å². The van der Waals surface area contributed by atoms with E-state index >= 15 is 0 Å². The van der Waals surface area contributed by atoms with Crippen LogP contribution in [0, 0.1) is 17.7 Å². The lowest BCUT2D eigenvalue weighted by Crippen LogP contribution is -2.24. The zero-order valence-electron chi connectivity index (χ0n) is 21.6. The summed E-state index contributed by atoms with van der Waals surface area (Å²) in [6.45, 7) is 5.85. The lowest BCUT2D eigenvalue weighted by atomic mass is 10.1. The molecule has 3 rings (SSSR count). The van der Waals surface area contributed by atoms with Gasteiger partial charge in [0.25, 0.3) is 0 Å². The molecule has 0 fully saturated rings. The Labute approximate surface area is 215 Å². The van der Waals surface area contributed by atoms with Gasteiger partial charge in [-0.3, -0.25) is 0 Å². The topological polar surface area (TPSA) is 29.5 Å². The van der Waals surface area contributed by atoms with Crippen molar-refractivity contribution in [3.05, 3.63) is 100 Å². The SMILES string of the molecule is CCCCCCN(Cc1ccc(C#Cc2ccc(CCC)cc2)cc1)c1ccc(F)c(C(=O)OC)c1. The van der Waals surface area contributed by atoms with E-state index in [1.807, 2.05) is 12.1 Å². The van der Waals surface area contributed by atoms with Crippen LogP contribution in [0.2, 0.25) is 0 Å². The Bertz CT molecular complexity index is 1170. The van der Waals surface area contributed by atoms with Crippen molar-refractivity contribution >= 4 is 11.7 Å². The van der Waals surface area contributed by atoms with Crippen molar-refractivity contribution in [1.82, 2.24) is 0 Å². The van der Waals surface area contributed by atoms with Gasteiger partial charge in [-0.15, -0.1) is 0 Å². The number of benzene rings is 3. The number of methoxy groups -OCH3 is 1. The number of hydrogen-bond acceptors (Lipinski definition) is 3. The summed E-state index contributed by atoms with van der Waals surface area (Å²) >= 11 is 0. The lowest BCUT2D eigenvalue weighted by Gasteiger charge is -2.26. The highest BCUT2D eigenvalue weighted by molar-refractivity contribution is 5.90. The van der Waals surface area contributed by atoms with E-state index < -0.39 is 11.8 Å². The van der Waals surface area contributed by atoms with Crippen molar-refractivity contribution in [2.75, 3.05) is 18.6 Å². The fraction of sp³-hybridized carbons (Fsp3) is 0.344. The molecule has 0 aliphatic carbocycles. The van der Waals surface area contributed by atoms with Crippen LogP contribution in [-0.4, -0.2) is 19.6 Å². The average Bonchev–Trinajstić information content (AvgIpc) is 2.91. The molecule has 0 saturated heterocycles. The average molecular weight is 486 g/mol. The summed E-state index contributed by atoms with van der Waals surface area (Å²) in [5.74, 6) is 5.26.